The zero-order valence-corrected chi connectivity index (χ0v) is 16.4. The molecule has 0 aromatic heterocycles. The van der Waals surface area contributed by atoms with Crippen molar-refractivity contribution in [1.82, 2.24) is 10.2 Å². The fourth-order valence-corrected chi connectivity index (χ4v) is 2.71. The van der Waals surface area contributed by atoms with Crippen molar-refractivity contribution in [2.75, 3.05) is 53.1 Å². The molecule has 1 N–H and O–H groups in total. The molecule has 1 aliphatic heterocycles. The number of ether oxygens (including phenoxy) is 2. The Morgan fingerprint density at radius 1 is 1.23 bits per heavy atom. The fourth-order valence-electron chi connectivity index (χ4n) is 2.71. The molecule has 1 atom stereocenters. The van der Waals surface area contributed by atoms with Crippen LogP contribution in [-0.2, 0) is 9.47 Å². The number of likely N-dealkylation sites (tertiary alicyclic amines) is 1. The Hall–Kier alpha value is -0.0800. The van der Waals surface area contributed by atoms with Crippen molar-refractivity contribution < 1.29 is 9.47 Å². The third-order valence-corrected chi connectivity index (χ3v) is 4.08. The Bertz CT molecular complexity index is 325. The van der Waals surface area contributed by atoms with E-state index in [9.17, 15) is 0 Å². The van der Waals surface area contributed by atoms with Gasteiger partial charge in [0, 0.05) is 52.4 Å². The standard InChI is InChI=1S/C16H31N3O2.HI/c1-3-17-16(19-9-7-15(11-19)12-20-2)18-8-4-10-21-13-14-5-6-14;/h14-15H,3-13H2,1-2H3,(H,17,18);1H. The summed E-state index contributed by atoms with van der Waals surface area (Å²) in [7, 11) is 1.78. The number of halogens is 1. The van der Waals surface area contributed by atoms with Crippen LogP contribution < -0.4 is 5.32 Å². The van der Waals surface area contributed by atoms with Gasteiger partial charge in [0.2, 0.25) is 0 Å². The van der Waals surface area contributed by atoms with Gasteiger partial charge in [-0.1, -0.05) is 0 Å². The SMILES string of the molecule is CCNC(=NCCCOCC1CC1)N1CCC(COC)C1.I. The van der Waals surface area contributed by atoms with Crippen LogP contribution in [-0.4, -0.2) is 64.0 Å². The molecule has 1 saturated heterocycles. The highest BCUT2D eigenvalue weighted by molar-refractivity contribution is 14.0. The summed E-state index contributed by atoms with van der Waals surface area (Å²) in [5.41, 5.74) is 0. The summed E-state index contributed by atoms with van der Waals surface area (Å²) in [5, 5.41) is 3.40. The average molecular weight is 425 g/mol. The van der Waals surface area contributed by atoms with Crippen molar-refractivity contribution >= 4 is 29.9 Å². The lowest BCUT2D eigenvalue weighted by Crippen LogP contribution is -2.40. The van der Waals surface area contributed by atoms with Gasteiger partial charge in [-0.05, 0) is 38.5 Å². The number of hydrogen-bond acceptors (Lipinski definition) is 3. The molecule has 0 aromatic carbocycles. The molecule has 0 amide bonds. The Labute approximate surface area is 152 Å². The smallest absolute Gasteiger partial charge is 0.193 e. The topological polar surface area (TPSA) is 46.1 Å². The molecule has 0 spiro atoms. The highest BCUT2D eigenvalue weighted by Gasteiger charge is 2.24. The molecular weight excluding hydrogens is 393 g/mol. The molecule has 5 nitrogen and oxygen atoms in total. The molecule has 2 fully saturated rings. The molecule has 0 aromatic rings. The van der Waals surface area contributed by atoms with E-state index < -0.39 is 0 Å². The van der Waals surface area contributed by atoms with Gasteiger partial charge in [0.25, 0.3) is 0 Å². The molecular formula is C16H32IN3O2. The predicted molar refractivity (Wildman–Crippen MR) is 101 cm³/mol. The summed E-state index contributed by atoms with van der Waals surface area (Å²) in [6.45, 7) is 8.67. The van der Waals surface area contributed by atoms with Crippen molar-refractivity contribution in [3.05, 3.63) is 0 Å². The van der Waals surface area contributed by atoms with Crippen molar-refractivity contribution in [1.29, 1.82) is 0 Å². The normalized spacial score (nSPS) is 21.8. The Morgan fingerprint density at radius 3 is 2.73 bits per heavy atom. The van der Waals surface area contributed by atoms with Crippen LogP contribution in [0.1, 0.15) is 32.6 Å². The van der Waals surface area contributed by atoms with E-state index in [4.69, 9.17) is 14.5 Å². The molecule has 1 heterocycles. The lowest BCUT2D eigenvalue weighted by atomic mass is 10.1. The van der Waals surface area contributed by atoms with Crippen LogP contribution in [0, 0.1) is 11.8 Å². The van der Waals surface area contributed by atoms with E-state index in [1.165, 1.54) is 19.3 Å². The Morgan fingerprint density at radius 2 is 2.05 bits per heavy atom. The van der Waals surface area contributed by atoms with Crippen molar-refractivity contribution in [2.24, 2.45) is 16.8 Å². The lowest BCUT2D eigenvalue weighted by molar-refractivity contribution is 0.123. The number of rotatable bonds is 9. The van der Waals surface area contributed by atoms with Gasteiger partial charge < -0.3 is 19.7 Å². The summed E-state index contributed by atoms with van der Waals surface area (Å²) >= 11 is 0. The first-order valence-corrected chi connectivity index (χ1v) is 8.43. The molecule has 0 radical (unpaired) electrons. The minimum atomic E-state index is 0. The number of hydrogen-bond donors (Lipinski definition) is 1. The van der Waals surface area contributed by atoms with E-state index >= 15 is 0 Å². The van der Waals surface area contributed by atoms with E-state index in [-0.39, 0.29) is 24.0 Å². The van der Waals surface area contributed by atoms with Gasteiger partial charge in [0.05, 0.1) is 6.61 Å². The third-order valence-electron chi connectivity index (χ3n) is 4.08. The quantitative estimate of drug-likeness (QED) is 0.267. The zero-order valence-electron chi connectivity index (χ0n) is 14.1. The van der Waals surface area contributed by atoms with Crippen LogP contribution in [0.4, 0.5) is 0 Å². The van der Waals surface area contributed by atoms with Gasteiger partial charge in [-0.2, -0.15) is 0 Å². The maximum atomic E-state index is 5.65. The second-order valence-corrected chi connectivity index (χ2v) is 6.16. The molecule has 0 bridgehead atoms. The Kier molecular flexibility index (Phi) is 10.4. The number of aliphatic imine (C=N–C) groups is 1. The van der Waals surface area contributed by atoms with E-state index in [2.05, 4.69) is 17.1 Å². The summed E-state index contributed by atoms with van der Waals surface area (Å²) in [4.78, 5) is 7.09. The van der Waals surface area contributed by atoms with E-state index in [1.54, 1.807) is 7.11 Å². The van der Waals surface area contributed by atoms with E-state index in [0.29, 0.717) is 5.92 Å². The molecule has 2 rings (SSSR count). The zero-order chi connectivity index (χ0) is 14.9. The number of nitrogens with one attached hydrogen (secondary N) is 1. The van der Waals surface area contributed by atoms with Crippen LogP contribution in [0.15, 0.2) is 4.99 Å². The molecule has 2 aliphatic rings. The predicted octanol–water partition coefficient (Wildman–Crippen LogP) is 2.35. The minimum Gasteiger partial charge on any atom is -0.384 e. The van der Waals surface area contributed by atoms with Crippen LogP contribution in [0.5, 0.6) is 0 Å². The van der Waals surface area contributed by atoms with Crippen molar-refractivity contribution in [3.63, 3.8) is 0 Å². The van der Waals surface area contributed by atoms with Crippen LogP contribution in [0.3, 0.4) is 0 Å². The van der Waals surface area contributed by atoms with Crippen molar-refractivity contribution in [3.8, 4) is 0 Å². The number of guanidine groups is 1. The summed E-state index contributed by atoms with van der Waals surface area (Å²) in [6.07, 6.45) is 4.93. The molecule has 6 heteroatoms. The van der Waals surface area contributed by atoms with E-state index in [0.717, 1.165) is 64.3 Å². The summed E-state index contributed by atoms with van der Waals surface area (Å²) in [6, 6.07) is 0. The third kappa shape index (κ3) is 7.46. The van der Waals surface area contributed by atoms with Gasteiger partial charge in [-0.3, -0.25) is 4.99 Å². The number of nitrogens with zero attached hydrogens (tertiary/aromatic N) is 2. The first kappa shape index (κ1) is 20.0. The lowest BCUT2D eigenvalue weighted by Gasteiger charge is -2.21. The van der Waals surface area contributed by atoms with Gasteiger partial charge in [-0.15, -0.1) is 24.0 Å². The van der Waals surface area contributed by atoms with E-state index in [1.807, 2.05) is 0 Å². The van der Waals surface area contributed by atoms with Crippen LogP contribution in [0.2, 0.25) is 0 Å². The Balaban J connectivity index is 0.00000242. The summed E-state index contributed by atoms with van der Waals surface area (Å²) in [5.74, 6) is 2.55. The first-order chi connectivity index (χ1) is 10.3. The first-order valence-electron chi connectivity index (χ1n) is 8.43. The molecule has 1 saturated carbocycles. The van der Waals surface area contributed by atoms with Gasteiger partial charge in [0.15, 0.2) is 5.96 Å². The maximum Gasteiger partial charge on any atom is 0.193 e. The summed E-state index contributed by atoms with van der Waals surface area (Å²) < 4.78 is 10.9. The highest BCUT2D eigenvalue weighted by Crippen LogP contribution is 2.28. The largest absolute Gasteiger partial charge is 0.384 e. The van der Waals surface area contributed by atoms with Crippen LogP contribution in [0.25, 0.3) is 0 Å². The average Bonchev–Trinajstić information content (AvgIpc) is 3.19. The molecule has 1 unspecified atom stereocenters. The number of methoxy groups -OCH3 is 1. The monoisotopic (exact) mass is 425 g/mol. The van der Waals surface area contributed by atoms with Gasteiger partial charge in [-0.25, -0.2) is 0 Å². The fraction of sp³-hybridized carbons (Fsp3) is 0.938. The molecule has 1 aliphatic carbocycles. The van der Waals surface area contributed by atoms with Gasteiger partial charge in [0.1, 0.15) is 0 Å². The van der Waals surface area contributed by atoms with Gasteiger partial charge >= 0.3 is 0 Å². The van der Waals surface area contributed by atoms with Crippen LogP contribution >= 0.6 is 24.0 Å². The molecule has 22 heavy (non-hydrogen) atoms. The highest BCUT2D eigenvalue weighted by atomic mass is 127. The second-order valence-electron chi connectivity index (χ2n) is 6.16. The van der Waals surface area contributed by atoms with Crippen molar-refractivity contribution in [2.45, 2.75) is 32.6 Å². The second kappa shape index (κ2) is 11.5. The maximum absolute atomic E-state index is 5.65. The minimum absolute atomic E-state index is 0. The molecule has 130 valence electrons.